The van der Waals surface area contributed by atoms with Gasteiger partial charge in [0.05, 0.1) is 4.90 Å². The Balaban J connectivity index is 2.33. The number of sulfonamides is 1. The van der Waals surface area contributed by atoms with Crippen LogP contribution in [0.25, 0.3) is 0 Å². The summed E-state index contributed by atoms with van der Waals surface area (Å²) in [6.07, 6.45) is 2.88. The van der Waals surface area contributed by atoms with E-state index in [4.69, 9.17) is 0 Å². The number of nitrogens with zero attached hydrogens (tertiary/aromatic N) is 1. The molecule has 3 nitrogen and oxygen atoms in total. The summed E-state index contributed by atoms with van der Waals surface area (Å²) in [5.41, 5.74) is 0.221. The minimum absolute atomic E-state index is 0.221. The first-order valence-corrected chi connectivity index (χ1v) is 9.70. The molecule has 2 rings (SSSR count). The number of hydrogen-bond acceptors (Lipinski definition) is 2. The van der Waals surface area contributed by atoms with E-state index in [-0.39, 0.29) is 5.41 Å². The molecule has 0 spiro atoms. The smallest absolute Gasteiger partial charge is 0.207 e. The van der Waals surface area contributed by atoms with Crippen LogP contribution in [0, 0.1) is 5.41 Å². The van der Waals surface area contributed by atoms with E-state index in [1.807, 2.05) is 6.07 Å². The third kappa shape index (κ3) is 3.64. The molecule has 0 aromatic heterocycles. The molecule has 0 unspecified atom stereocenters. The summed E-state index contributed by atoms with van der Waals surface area (Å²) in [4.78, 5) is 0.339. The molecule has 1 fully saturated rings. The van der Waals surface area contributed by atoms with Crippen LogP contribution < -0.4 is 0 Å². The summed E-state index contributed by atoms with van der Waals surface area (Å²) in [5, 5.41) is 0. The van der Waals surface area contributed by atoms with Gasteiger partial charge in [0.15, 0.2) is 0 Å². The fourth-order valence-electron chi connectivity index (χ4n) is 2.45. The van der Waals surface area contributed by atoms with E-state index in [0.717, 1.165) is 23.7 Å². The fourth-order valence-corrected chi connectivity index (χ4v) is 5.39. The zero-order valence-electron chi connectivity index (χ0n) is 11.7. The molecule has 0 amide bonds. The van der Waals surface area contributed by atoms with Crippen molar-refractivity contribution < 1.29 is 8.42 Å². The van der Waals surface area contributed by atoms with Crippen molar-refractivity contribution in [1.29, 1.82) is 0 Å². The first-order chi connectivity index (χ1) is 9.22. The van der Waals surface area contributed by atoms with Gasteiger partial charge in [-0.15, -0.1) is 0 Å². The molecule has 1 aliphatic rings. The van der Waals surface area contributed by atoms with Crippen LogP contribution in [0.3, 0.4) is 0 Å². The van der Waals surface area contributed by atoms with Gasteiger partial charge in [-0.1, -0.05) is 29.8 Å². The molecular weight excluding hydrogens is 406 g/mol. The Morgan fingerprint density at radius 3 is 2.55 bits per heavy atom. The summed E-state index contributed by atoms with van der Waals surface area (Å²) in [5.74, 6) is 0. The normalized spacial score (nSPS) is 20.6. The number of halogens is 2. The zero-order chi connectivity index (χ0) is 15.0. The molecule has 1 saturated heterocycles. The third-order valence-electron chi connectivity index (χ3n) is 3.81. The lowest BCUT2D eigenvalue weighted by molar-refractivity contribution is 0.315. The molecule has 0 N–H and O–H groups in total. The minimum Gasteiger partial charge on any atom is -0.207 e. The van der Waals surface area contributed by atoms with Gasteiger partial charge >= 0.3 is 0 Å². The molecule has 0 aliphatic carbocycles. The Labute approximate surface area is 138 Å². The SMILES string of the molecule is CC1(C)CCCN(S(=O)(=O)c2cc(Br)ccc2Br)CC1. The monoisotopic (exact) mass is 423 g/mol. The molecule has 1 aromatic carbocycles. The van der Waals surface area contributed by atoms with Crippen LogP contribution in [0.4, 0.5) is 0 Å². The molecule has 0 radical (unpaired) electrons. The Morgan fingerprint density at radius 1 is 1.15 bits per heavy atom. The average Bonchev–Trinajstić information content (AvgIpc) is 2.53. The van der Waals surface area contributed by atoms with E-state index in [1.54, 1.807) is 16.4 Å². The largest absolute Gasteiger partial charge is 0.244 e. The molecule has 1 aliphatic heterocycles. The second kappa shape index (κ2) is 6.07. The predicted octanol–water partition coefficient (Wildman–Crippen LogP) is 4.41. The van der Waals surface area contributed by atoms with E-state index in [2.05, 4.69) is 45.7 Å². The van der Waals surface area contributed by atoms with Crippen LogP contribution in [-0.4, -0.2) is 25.8 Å². The quantitative estimate of drug-likeness (QED) is 0.704. The maximum Gasteiger partial charge on any atom is 0.244 e. The highest BCUT2D eigenvalue weighted by Crippen LogP contribution is 2.34. The lowest BCUT2D eigenvalue weighted by Gasteiger charge is -2.23. The molecule has 112 valence electrons. The molecule has 0 bridgehead atoms. The number of hydrogen-bond donors (Lipinski definition) is 0. The van der Waals surface area contributed by atoms with Gasteiger partial charge in [0, 0.05) is 22.0 Å². The maximum absolute atomic E-state index is 12.8. The van der Waals surface area contributed by atoms with Crippen molar-refractivity contribution in [3.05, 3.63) is 27.1 Å². The first kappa shape index (κ1) is 16.5. The van der Waals surface area contributed by atoms with Crippen LogP contribution in [0.1, 0.15) is 33.1 Å². The van der Waals surface area contributed by atoms with Crippen molar-refractivity contribution in [2.75, 3.05) is 13.1 Å². The van der Waals surface area contributed by atoms with Crippen molar-refractivity contribution in [3.63, 3.8) is 0 Å². The molecule has 20 heavy (non-hydrogen) atoms. The van der Waals surface area contributed by atoms with Gasteiger partial charge in [-0.25, -0.2) is 8.42 Å². The second-order valence-corrected chi connectivity index (χ2v) is 9.67. The van der Waals surface area contributed by atoms with Crippen molar-refractivity contribution in [2.45, 2.75) is 38.0 Å². The summed E-state index contributed by atoms with van der Waals surface area (Å²) >= 11 is 6.69. The van der Waals surface area contributed by atoms with E-state index < -0.39 is 10.0 Å². The summed E-state index contributed by atoms with van der Waals surface area (Å²) in [6, 6.07) is 5.25. The maximum atomic E-state index is 12.8. The standard InChI is InChI=1S/C14H19Br2NO2S/c1-14(2)6-3-8-17(9-7-14)20(18,19)13-10-11(15)4-5-12(13)16/h4-5,10H,3,6-9H2,1-2H3. The van der Waals surface area contributed by atoms with E-state index in [9.17, 15) is 8.42 Å². The number of rotatable bonds is 2. The number of benzene rings is 1. The molecular formula is C14H19Br2NO2S. The predicted molar refractivity (Wildman–Crippen MR) is 88.2 cm³/mol. The van der Waals surface area contributed by atoms with Crippen LogP contribution in [0.15, 0.2) is 32.0 Å². The van der Waals surface area contributed by atoms with Gasteiger partial charge in [0.2, 0.25) is 10.0 Å². The van der Waals surface area contributed by atoms with Gasteiger partial charge < -0.3 is 0 Å². The first-order valence-electron chi connectivity index (χ1n) is 6.68. The van der Waals surface area contributed by atoms with E-state index in [0.29, 0.717) is 22.5 Å². The van der Waals surface area contributed by atoms with Gasteiger partial charge in [-0.3, -0.25) is 0 Å². The minimum atomic E-state index is -3.43. The van der Waals surface area contributed by atoms with Crippen molar-refractivity contribution >= 4 is 41.9 Å². The lowest BCUT2D eigenvalue weighted by atomic mass is 9.85. The topological polar surface area (TPSA) is 37.4 Å². The highest BCUT2D eigenvalue weighted by Gasteiger charge is 2.31. The van der Waals surface area contributed by atoms with E-state index >= 15 is 0 Å². The third-order valence-corrected chi connectivity index (χ3v) is 7.20. The van der Waals surface area contributed by atoms with Gasteiger partial charge in [-0.2, -0.15) is 4.31 Å². The van der Waals surface area contributed by atoms with Crippen molar-refractivity contribution in [2.24, 2.45) is 5.41 Å². The average molecular weight is 425 g/mol. The van der Waals surface area contributed by atoms with Crippen molar-refractivity contribution in [3.8, 4) is 0 Å². The molecule has 0 atom stereocenters. The van der Waals surface area contributed by atoms with Crippen LogP contribution in [0.5, 0.6) is 0 Å². The lowest BCUT2D eigenvalue weighted by Crippen LogP contribution is -2.32. The second-order valence-electron chi connectivity index (χ2n) is 6.00. The molecule has 1 aromatic rings. The summed E-state index contributed by atoms with van der Waals surface area (Å²) in [7, 11) is -3.43. The Kier molecular flexibility index (Phi) is 4.99. The van der Waals surface area contributed by atoms with Gasteiger partial charge in [0.1, 0.15) is 0 Å². The molecule has 6 heteroatoms. The zero-order valence-corrected chi connectivity index (χ0v) is 15.7. The highest BCUT2D eigenvalue weighted by molar-refractivity contribution is 9.11. The Hall–Kier alpha value is 0.0900. The highest BCUT2D eigenvalue weighted by atomic mass is 79.9. The molecule has 0 saturated carbocycles. The van der Waals surface area contributed by atoms with Gasteiger partial charge in [0.25, 0.3) is 0 Å². The fraction of sp³-hybridized carbons (Fsp3) is 0.571. The van der Waals surface area contributed by atoms with Gasteiger partial charge in [-0.05, 0) is 58.8 Å². The van der Waals surface area contributed by atoms with Crippen LogP contribution in [-0.2, 0) is 10.0 Å². The molecule has 1 heterocycles. The van der Waals surface area contributed by atoms with Crippen LogP contribution >= 0.6 is 31.9 Å². The Morgan fingerprint density at radius 2 is 1.85 bits per heavy atom. The summed E-state index contributed by atoms with van der Waals surface area (Å²) < 4.78 is 28.6. The van der Waals surface area contributed by atoms with Crippen LogP contribution in [0.2, 0.25) is 0 Å². The van der Waals surface area contributed by atoms with Crippen molar-refractivity contribution in [1.82, 2.24) is 4.31 Å². The Bertz CT molecular complexity index is 599. The summed E-state index contributed by atoms with van der Waals surface area (Å²) in [6.45, 7) is 5.61. The van der Waals surface area contributed by atoms with E-state index in [1.165, 1.54) is 0 Å².